The summed E-state index contributed by atoms with van der Waals surface area (Å²) in [6, 6.07) is 6.71. The molecule has 5 heteroatoms. The molecule has 1 unspecified atom stereocenters. The third-order valence-corrected chi connectivity index (χ3v) is 3.50. The Morgan fingerprint density at radius 2 is 2.32 bits per heavy atom. The second kappa shape index (κ2) is 6.63. The molecule has 1 amide bonds. The summed E-state index contributed by atoms with van der Waals surface area (Å²) in [4.78, 5) is 13.9. The molecule has 1 fully saturated rings. The minimum atomic E-state index is -0.399. The van der Waals surface area contributed by atoms with Gasteiger partial charge in [0, 0.05) is 25.6 Å². The molecule has 0 aliphatic carbocycles. The molecule has 0 bridgehead atoms. The summed E-state index contributed by atoms with van der Waals surface area (Å²) >= 11 is 0. The second-order valence-electron chi connectivity index (χ2n) is 4.91. The van der Waals surface area contributed by atoms with E-state index in [2.05, 4.69) is 15.5 Å². The van der Waals surface area contributed by atoms with Crippen LogP contribution in [0.25, 0.3) is 0 Å². The van der Waals surface area contributed by atoms with Gasteiger partial charge in [-0.3, -0.25) is 4.79 Å². The van der Waals surface area contributed by atoms with Crippen LogP contribution in [0.4, 0.5) is 10.1 Å². The van der Waals surface area contributed by atoms with Gasteiger partial charge >= 0.3 is 0 Å². The fourth-order valence-corrected chi connectivity index (χ4v) is 2.25. The first-order valence-electron chi connectivity index (χ1n) is 6.62. The van der Waals surface area contributed by atoms with Crippen molar-refractivity contribution in [2.24, 2.45) is 0 Å². The van der Waals surface area contributed by atoms with Crippen molar-refractivity contribution in [2.45, 2.75) is 18.9 Å². The maximum absolute atomic E-state index is 13.4. The molecule has 1 atom stereocenters. The number of hydrogen-bond acceptors (Lipinski definition) is 3. The largest absolute Gasteiger partial charge is 0.324 e. The number of carbonyl (C=O) groups is 1. The number of nitrogens with one attached hydrogen (secondary N) is 2. The van der Waals surface area contributed by atoms with Gasteiger partial charge in [-0.1, -0.05) is 12.1 Å². The Balaban J connectivity index is 1.77. The quantitative estimate of drug-likeness (QED) is 0.847. The van der Waals surface area contributed by atoms with Crippen LogP contribution < -0.4 is 10.6 Å². The van der Waals surface area contributed by atoms with Crippen molar-refractivity contribution < 1.29 is 9.18 Å². The lowest BCUT2D eigenvalue weighted by Gasteiger charge is -2.22. The number of halogens is 1. The highest BCUT2D eigenvalue weighted by Gasteiger charge is 2.19. The van der Waals surface area contributed by atoms with E-state index in [0.29, 0.717) is 19.0 Å². The molecule has 2 rings (SSSR count). The van der Waals surface area contributed by atoms with Gasteiger partial charge < -0.3 is 15.5 Å². The minimum absolute atomic E-state index is 0.150. The van der Waals surface area contributed by atoms with Gasteiger partial charge in [0.2, 0.25) is 5.91 Å². The average Bonchev–Trinajstić information content (AvgIpc) is 2.93. The smallest absolute Gasteiger partial charge is 0.225 e. The van der Waals surface area contributed by atoms with Crippen LogP contribution in [0.5, 0.6) is 0 Å². The summed E-state index contributed by atoms with van der Waals surface area (Å²) in [5.41, 5.74) is 0.248. The van der Waals surface area contributed by atoms with Gasteiger partial charge in [0.15, 0.2) is 0 Å². The predicted molar refractivity (Wildman–Crippen MR) is 73.6 cm³/mol. The number of anilines is 1. The Kier molecular flexibility index (Phi) is 4.87. The second-order valence-corrected chi connectivity index (χ2v) is 4.91. The normalized spacial score (nSPS) is 18.8. The third kappa shape index (κ3) is 4.01. The standard InChI is InChI=1S/C14H20FN3O/c1-18(11-6-8-16-10-11)9-7-14(19)17-13-5-3-2-4-12(13)15/h2-5,11,16H,6-10H2,1H3,(H,17,19). The number of carbonyl (C=O) groups excluding carboxylic acids is 1. The molecule has 0 saturated carbocycles. The van der Waals surface area contributed by atoms with E-state index in [4.69, 9.17) is 0 Å². The number of likely N-dealkylation sites (N-methyl/N-ethyl adjacent to an activating group) is 1. The monoisotopic (exact) mass is 265 g/mol. The van der Waals surface area contributed by atoms with Gasteiger partial charge in [0.1, 0.15) is 5.82 Å². The number of para-hydroxylation sites is 1. The maximum atomic E-state index is 13.4. The van der Waals surface area contributed by atoms with E-state index in [-0.39, 0.29) is 11.6 Å². The van der Waals surface area contributed by atoms with Crippen molar-refractivity contribution in [3.63, 3.8) is 0 Å². The molecule has 0 radical (unpaired) electrons. The van der Waals surface area contributed by atoms with E-state index in [9.17, 15) is 9.18 Å². The maximum Gasteiger partial charge on any atom is 0.225 e. The van der Waals surface area contributed by atoms with E-state index in [0.717, 1.165) is 19.5 Å². The first kappa shape index (κ1) is 14.0. The Hall–Kier alpha value is -1.46. The van der Waals surface area contributed by atoms with Gasteiger partial charge in [-0.25, -0.2) is 4.39 Å². The van der Waals surface area contributed by atoms with E-state index in [1.807, 2.05) is 7.05 Å². The Morgan fingerprint density at radius 1 is 1.53 bits per heavy atom. The van der Waals surface area contributed by atoms with Crippen molar-refractivity contribution in [3.8, 4) is 0 Å². The van der Waals surface area contributed by atoms with Crippen LogP contribution in [-0.4, -0.2) is 43.5 Å². The first-order valence-corrected chi connectivity index (χ1v) is 6.62. The molecule has 1 aliphatic rings. The molecule has 2 N–H and O–H groups in total. The summed E-state index contributed by atoms with van der Waals surface area (Å²) < 4.78 is 13.4. The summed E-state index contributed by atoms with van der Waals surface area (Å²) in [6.07, 6.45) is 1.49. The highest BCUT2D eigenvalue weighted by molar-refractivity contribution is 5.90. The number of rotatable bonds is 5. The molecule has 104 valence electrons. The molecule has 19 heavy (non-hydrogen) atoms. The van der Waals surface area contributed by atoms with Crippen molar-refractivity contribution in [3.05, 3.63) is 30.1 Å². The van der Waals surface area contributed by atoms with Gasteiger partial charge in [-0.05, 0) is 32.1 Å². The molecule has 1 aromatic carbocycles. The lowest BCUT2D eigenvalue weighted by Crippen LogP contribution is -2.35. The number of benzene rings is 1. The zero-order chi connectivity index (χ0) is 13.7. The number of nitrogens with zero attached hydrogens (tertiary/aromatic N) is 1. The van der Waals surface area contributed by atoms with Crippen molar-refractivity contribution >= 4 is 11.6 Å². The summed E-state index contributed by atoms with van der Waals surface area (Å²) in [6.45, 7) is 2.70. The van der Waals surface area contributed by atoms with Crippen LogP contribution >= 0.6 is 0 Å². The third-order valence-electron chi connectivity index (χ3n) is 3.50. The summed E-state index contributed by atoms with van der Waals surface area (Å²) in [7, 11) is 2.02. The molecule has 1 aliphatic heterocycles. The zero-order valence-electron chi connectivity index (χ0n) is 11.2. The van der Waals surface area contributed by atoms with Gasteiger partial charge in [0.25, 0.3) is 0 Å². The molecular formula is C14H20FN3O. The van der Waals surface area contributed by atoms with Gasteiger partial charge in [0.05, 0.1) is 5.69 Å². The van der Waals surface area contributed by atoms with E-state index in [1.165, 1.54) is 6.07 Å². The number of hydrogen-bond donors (Lipinski definition) is 2. The Bertz CT molecular complexity index is 432. The van der Waals surface area contributed by atoms with Crippen LogP contribution in [0.2, 0.25) is 0 Å². The zero-order valence-corrected chi connectivity index (χ0v) is 11.2. The number of amides is 1. The highest BCUT2D eigenvalue weighted by atomic mass is 19.1. The van der Waals surface area contributed by atoms with Crippen LogP contribution in [0.1, 0.15) is 12.8 Å². The van der Waals surface area contributed by atoms with E-state index < -0.39 is 5.82 Å². The van der Waals surface area contributed by atoms with E-state index >= 15 is 0 Å². The van der Waals surface area contributed by atoms with Crippen molar-refractivity contribution in [2.75, 3.05) is 32.0 Å². The van der Waals surface area contributed by atoms with Gasteiger partial charge in [-0.2, -0.15) is 0 Å². The lowest BCUT2D eigenvalue weighted by molar-refractivity contribution is -0.116. The fourth-order valence-electron chi connectivity index (χ4n) is 2.25. The highest BCUT2D eigenvalue weighted by Crippen LogP contribution is 2.13. The predicted octanol–water partition coefficient (Wildman–Crippen LogP) is 1.45. The molecule has 1 aromatic rings. The van der Waals surface area contributed by atoms with E-state index in [1.54, 1.807) is 18.2 Å². The molecule has 1 heterocycles. The van der Waals surface area contributed by atoms with Crippen molar-refractivity contribution in [1.29, 1.82) is 0 Å². The molecule has 0 aromatic heterocycles. The van der Waals surface area contributed by atoms with Crippen LogP contribution in [0.15, 0.2) is 24.3 Å². The molecular weight excluding hydrogens is 245 g/mol. The lowest BCUT2D eigenvalue weighted by atomic mass is 10.2. The molecule has 1 saturated heterocycles. The minimum Gasteiger partial charge on any atom is -0.324 e. The average molecular weight is 265 g/mol. The topological polar surface area (TPSA) is 44.4 Å². The van der Waals surface area contributed by atoms with Gasteiger partial charge in [-0.15, -0.1) is 0 Å². The Morgan fingerprint density at radius 3 is 3.00 bits per heavy atom. The fraction of sp³-hybridized carbons (Fsp3) is 0.500. The van der Waals surface area contributed by atoms with Crippen LogP contribution in [-0.2, 0) is 4.79 Å². The summed E-state index contributed by atoms with van der Waals surface area (Å²) in [5.74, 6) is -0.549. The van der Waals surface area contributed by atoms with Crippen LogP contribution in [0.3, 0.4) is 0 Å². The van der Waals surface area contributed by atoms with Crippen molar-refractivity contribution in [1.82, 2.24) is 10.2 Å². The van der Waals surface area contributed by atoms with Crippen LogP contribution in [0, 0.1) is 5.82 Å². The Labute approximate surface area is 113 Å². The summed E-state index contributed by atoms with van der Waals surface area (Å²) in [5, 5.41) is 5.90. The molecule has 0 spiro atoms. The SMILES string of the molecule is CN(CCC(=O)Nc1ccccc1F)C1CCNC1. The first-order chi connectivity index (χ1) is 9.16. The molecule has 4 nitrogen and oxygen atoms in total.